The molecule has 2 aromatic heterocycles. The third kappa shape index (κ3) is 3.90. The monoisotopic (exact) mass is 361 g/mol. The topological polar surface area (TPSA) is 71.8 Å². The number of rotatable bonds is 6. The Bertz CT molecular complexity index is 974. The number of carbonyl (C=O) groups excluding carboxylic acids is 1. The van der Waals surface area contributed by atoms with Crippen molar-refractivity contribution in [1.29, 1.82) is 0 Å². The number of aryl methyl sites for hydroxylation is 1. The predicted octanol–water partition coefficient (Wildman–Crippen LogP) is 2.85. The van der Waals surface area contributed by atoms with Gasteiger partial charge in [-0.1, -0.05) is 6.07 Å². The quantitative estimate of drug-likeness (QED) is 0.708. The summed E-state index contributed by atoms with van der Waals surface area (Å²) < 4.78 is 1.82. The first-order valence-corrected chi connectivity index (χ1v) is 9.19. The second kappa shape index (κ2) is 7.32. The minimum atomic E-state index is -0.00453. The standard InChI is InChI=1S/C21H23N5O/c1-14-3-4-16(21(27)25-18-5-6-18)8-20(14)17-11-24-26(13-17)19-7-15(9-22-2)10-23-12-19/h3-4,7-8,10-13,18,22H,5-6,9H2,1-2H3,(H,25,27). The zero-order chi connectivity index (χ0) is 18.8. The lowest BCUT2D eigenvalue weighted by molar-refractivity contribution is 0.0951. The molecule has 1 aliphatic rings. The summed E-state index contributed by atoms with van der Waals surface area (Å²) in [7, 11) is 1.91. The van der Waals surface area contributed by atoms with Gasteiger partial charge in [0.25, 0.3) is 5.91 Å². The van der Waals surface area contributed by atoms with Gasteiger partial charge in [-0.05, 0) is 61.7 Å². The highest BCUT2D eigenvalue weighted by atomic mass is 16.1. The number of hydrogen-bond acceptors (Lipinski definition) is 4. The van der Waals surface area contributed by atoms with Gasteiger partial charge in [-0.25, -0.2) is 4.68 Å². The van der Waals surface area contributed by atoms with Crippen molar-refractivity contribution >= 4 is 5.91 Å². The Kier molecular flexibility index (Phi) is 4.73. The largest absolute Gasteiger partial charge is 0.349 e. The maximum absolute atomic E-state index is 12.4. The number of benzene rings is 1. The Balaban J connectivity index is 1.62. The summed E-state index contributed by atoms with van der Waals surface area (Å²) in [6.07, 6.45) is 9.61. The fraction of sp³-hybridized carbons (Fsp3) is 0.286. The van der Waals surface area contributed by atoms with Crippen molar-refractivity contribution in [3.8, 4) is 16.8 Å². The molecule has 6 heteroatoms. The van der Waals surface area contributed by atoms with Crippen LogP contribution in [0.1, 0.15) is 34.3 Å². The van der Waals surface area contributed by atoms with Gasteiger partial charge in [0.1, 0.15) is 0 Å². The maximum atomic E-state index is 12.4. The predicted molar refractivity (Wildman–Crippen MR) is 105 cm³/mol. The molecule has 1 aromatic carbocycles. The molecular formula is C21H23N5O. The number of nitrogens with one attached hydrogen (secondary N) is 2. The first-order chi connectivity index (χ1) is 13.1. The molecule has 4 rings (SSSR count). The van der Waals surface area contributed by atoms with Gasteiger partial charge in [-0.2, -0.15) is 5.10 Å². The van der Waals surface area contributed by atoms with Crippen LogP contribution in [-0.2, 0) is 6.54 Å². The van der Waals surface area contributed by atoms with E-state index in [0.717, 1.165) is 47.3 Å². The van der Waals surface area contributed by atoms with Gasteiger partial charge in [-0.3, -0.25) is 9.78 Å². The van der Waals surface area contributed by atoms with Crippen molar-refractivity contribution in [2.75, 3.05) is 7.05 Å². The first kappa shape index (κ1) is 17.4. The second-order valence-corrected chi connectivity index (χ2v) is 7.03. The molecule has 0 radical (unpaired) electrons. The number of nitrogens with zero attached hydrogens (tertiary/aromatic N) is 3. The fourth-order valence-electron chi connectivity index (χ4n) is 3.07. The fourth-order valence-corrected chi connectivity index (χ4v) is 3.07. The lowest BCUT2D eigenvalue weighted by Gasteiger charge is -2.08. The lowest BCUT2D eigenvalue weighted by atomic mass is 10.0. The van der Waals surface area contributed by atoms with Gasteiger partial charge in [-0.15, -0.1) is 0 Å². The minimum Gasteiger partial charge on any atom is -0.349 e. The molecule has 0 saturated heterocycles. The molecule has 6 nitrogen and oxygen atoms in total. The number of carbonyl (C=O) groups is 1. The maximum Gasteiger partial charge on any atom is 0.251 e. The molecule has 1 fully saturated rings. The van der Waals surface area contributed by atoms with E-state index < -0.39 is 0 Å². The number of aromatic nitrogens is 3. The molecule has 27 heavy (non-hydrogen) atoms. The summed E-state index contributed by atoms with van der Waals surface area (Å²) in [6.45, 7) is 2.80. The Labute approximate surface area is 158 Å². The van der Waals surface area contributed by atoms with Crippen LogP contribution in [0.2, 0.25) is 0 Å². The summed E-state index contributed by atoms with van der Waals surface area (Å²) >= 11 is 0. The summed E-state index contributed by atoms with van der Waals surface area (Å²) in [6, 6.07) is 8.23. The first-order valence-electron chi connectivity index (χ1n) is 9.19. The Hall–Kier alpha value is -2.99. The average Bonchev–Trinajstić information content (AvgIpc) is 3.35. The van der Waals surface area contributed by atoms with Crippen LogP contribution in [0.3, 0.4) is 0 Å². The molecule has 0 spiro atoms. The van der Waals surface area contributed by atoms with Crippen LogP contribution in [0.25, 0.3) is 16.8 Å². The van der Waals surface area contributed by atoms with Crippen LogP contribution in [0, 0.1) is 6.92 Å². The lowest BCUT2D eigenvalue weighted by Crippen LogP contribution is -2.25. The van der Waals surface area contributed by atoms with Gasteiger partial charge in [0.2, 0.25) is 0 Å². The molecule has 1 aliphatic carbocycles. The summed E-state index contributed by atoms with van der Waals surface area (Å²) in [5, 5.41) is 10.7. The second-order valence-electron chi connectivity index (χ2n) is 7.03. The average molecular weight is 361 g/mol. The highest BCUT2D eigenvalue weighted by Gasteiger charge is 2.24. The molecule has 0 atom stereocenters. The van der Waals surface area contributed by atoms with Crippen LogP contribution in [0.5, 0.6) is 0 Å². The van der Waals surface area contributed by atoms with Crippen LogP contribution in [-0.4, -0.2) is 33.8 Å². The van der Waals surface area contributed by atoms with Crippen molar-refractivity contribution in [1.82, 2.24) is 25.4 Å². The summed E-state index contributed by atoms with van der Waals surface area (Å²) in [5.41, 5.74) is 5.81. The summed E-state index contributed by atoms with van der Waals surface area (Å²) in [5.74, 6) is -0.00453. The molecule has 1 amide bonds. The van der Waals surface area contributed by atoms with E-state index in [1.54, 1.807) is 6.20 Å². The van der Waals surface area contributed by atoms with Crippen LogP contribution in [0.4, 0.5) is 0 Å². The van der Waals surface area contributed by atoms with E-state index in [0.29, 0.717) is 11.6 Å². The zero-order valence-electron chi connectivity index (χ0n) is 15.6. The third-order valence-electron chi connectivity index (χ3n) is 4.73. The van der Waals surface area contributed by atoms with Gasteiger partial charge < -0.3 is 10.6 Å². The van der Waals surface area contributed by atoms with E-state index >= 15 is 0 Å². The molecule has 3 aromatic rings. The molecule has 1 saturated carbocycles. The van der Waals surface area contributed by atoms with Crippen LogP contribution >= 0.6 is 0 Å². The van der Waals surface area contributed by atoms with E-state index in [4.69, 9.17) is 0 Å². The van der Waals surface area contributed by atoms with E-state index in [1.807, 2.05) is 55.4 Å². The number of hydrogen-bond donors (Lipinski definition) is 2. The minimum absolute atomic E-state index is 0.00453. The highest BCUT2D eigenvalue weighted by molar-refractivity contribution is 5.96. The molecule has 0 bridgehead atoms. The highest BCUT2D eigenvalue weighted by Crippen LogP contribution is 2.26. The van der Waals surface area contributed by atoms with Crippen LogP contribution in [0.15, 0.2) is 49.1 Å². The smallest absolute Gasteiger partial charge is 0.251 e. The van der Waals surface area contributed by atoms with Crippen molar-refractivity contribution in [3.63, 3.8) is 0 Å². The van der Waals surface area contributed by atoms with Crippen LogP contribution < -0.4 is 10.6 Å². The summed E-state index contributed by atoms with van der Waals surface area (Å²) in [4.78, 5) is 16.7. The Morgan fingerprint density at radius 2 is 2.07 bits per heavy atom. The van der Waals surface area contributed by atoms with E-state index in [2.05, 4.69) is 26.8 Å². The molecule has 2 heterocycles. The van der Waals surface area contributed by atoms with Crippen molar-refractivity contribution in [2.45, 2.75) is 32.4 Å². The normalized spacial score (nSPS) is 13.6. The van der Waals surface area contributed by atoms with Crippen molar-refractivity contribution in [2.24, 2.45) is 0 Å². The van der Waals surface area contributed by atoms with E-state index in [1.165, 1.54) is 0 Å². The van der Waals surface area contributed by atoms with Gasteiger partial charge in [0.15, 0.2) is 0 Å². The number of amides is 1. The molecule has 2 N–H and O–H groups in total. The van der Waals surface area contributed by atoms with Gasteiger partial charge >= 0.3 is 0 Å². The van der Waals surface area contributed by atoms with E-state index in [-0.39, 0.29) is 5.91 Å². The SMILES string of the molecule is CNCc1cncc(-n2cc(-c3cc(C(=O)NC4CC4)ccc3C)cn2)c1. The van der Waals surface area contributed by atoms with Gasteiger partial charge in [0, 0.05) is 36.1 Å². The molecule has 0 aliphatic heterocycles. The zero-order valence-corrected chi connectivity index (χ0v) is 15.6. The third-order valence-corrected chi connectivity index (χ3v) is 4.73. The Morgan fingerprint density at radius 3 is 2.85 bits per heavy atom. The number of pyridine rings is 1. The van der Waals surface area contributed by atoms with E-state index in [9.17, 15) is 4.79 Å². The molecular weight excluding hydrogens is 338 g/mol. The Morgan fingerprint density at radius 1 is 1.22 bits per heavy atom. The van der Waals surface area contributed by atoms with Crippen molar-refractivity contribution in [3.05, 3.63) is 65.7 Å². The van der Waals surface area contributed by atoms with Gasteiger partial charge in [0.05, 0.1) is 18.1 Å². The molecule has 138 valence electrons. The molecule has 0 unspecified atom stereocenters. The van der Waals surface area contributed by atoms with Crippen molar-refractivity contribution < 1.29 is 4.79 Å².